The number of hydrogen-bond donors (Lipinski definition) is 2. The number of aryl methyl sites for hydroxylation is 1. The first kappa shape index (κ1) is 15.8. The molecule has 1 aliphatic heterocycles. The first-order valence-electron chi connectivity index (χ1n) is 6.82. The van der Waals surface area contributed by atoms with Crippen molar-refractivity contribution in [1.82, 2.24) is 4.90 Å². The second-order valence-electron chi connectivity index (χ2n) is 5.35. The highest BCUT2D eigenvalue weighted by Gasteiger charge is 2.34. The van der Waals surface area contributed by atoms with E-state index < -0.39 is 9.84 Å². The minimum absolute atomic E-state index is 0.0416. The van der Waals surface area contributed by atoms with Crippen LogP contribution in [0.1, 0.15) is 22.3 Å². The van der Waals surface area contributed by atoms with Crippen molar-refractivity contribution in [3.63, 3.8) is 0 Å². The molecule has 1 unspecified atom stereocenters. The molecule has 0 radical (unpaired) electrons. The number of rotatable bonds is 4. The van der Waals surface area contributed by atoms with Crippen LogP contribution in [0.3, 0.4) is 0 Å². The fourth-order valence-electron chi connectivity index (χ4n) is 2.52. The number of aliphatic hydroxyl groups excluding tert-OH is 1. The van der Waals surface area contributed by atoms with Gasteiger partial charge in [0.05, 0.1) is 18.1 Å². The van der Waals surface area contributed by atoms with Crippen molar-refractivity contribution in [2.75, 3.05) is 30.4 Å². The van der Waals surface area contributed by atoms with Gasteiger partial charge in [-0.1, -0.05) is 6.07 Å². The minimum atomic E-state index is -3.09. The predicted molar refractivity (Wildman–Crippen MR) is 80.8 cm³/mol. The zero-order valence-electron chi connectivity index (χ0n) is 11.9. The Bertz CT molecular complexity index is 642. The molecule has 0 bridgehead atoms. The number of benzene rings is 1. The van der Waals surface area contributed by atoms with Gasteiger partial charge in [0.2, 0.25) is 0 Å². The van der Waals surface area contributed by atoms with Gasteiger partial charge in [0, 0.05) is 23.8 Å². The van der Waals surface area contributed by atoms with Crippen LogP contribution in [0.25, 0.3) is 0 Å². The Morgan fingerprint density at radius 2 is 2.19 bits per heavy atom. The third-order valence-corrected chi connectivity index (χ3v) is 5.53. The lowest BCUT2D eigenvalue weighted by molar-refractivity contribution is 0.0655. The number of amides is 1. The second kappa shape index (κ2) is 6.03. The van der Waals surface area contributed by atoms with Crippen LogP contribution in [0.15, 0.2) is 18.2 Å². The number of anilines is 1. The Labute approximate surface area is 124 Å². The van der Waals surface area contributed by atoms with Gasteiger partial charge < -0.3 is 15.7 Å². The van der Waals surface area contributed by atoms with Crippen LogP contribution < -0.4 is 5.73 Å². The average Bonchev–Trinajstić information content (AvgIpc) is 2.78. The average molecular weight is 312 g/mol. The Hall–Kier alpha value is -1.60. The molecule has 0 saturated carbocycles. The summed E-state index contributed by atoms with van der Waals surface area (Å²) < 4.78 is 23.2. The van der Waals surface area contributed by atoms with Crippen molar-refractivity contribution in [3.05, 3.63) is 29.3 Å². The number of sulfone groups is 1. The van der Waals surface area contributed by atoms with Crippen LogP contribution in [0.5, 0.6) is 0 Å². The minimum Gasteiger partial charge on any atom is -0.398 e. The zero-order chi connectivity index (χ0) is 15.6. The van der Waals surface area contributed by atoms with Gasteiger partial charge in [-0.15, -0.1) is 0 Å². The molecule has 2 rings (SSSR count). The lowest BCUT2D eigenvalue weighted by atomic mass is 10.1. The Balaban J connectivity index is 2.25. The van der Waals surface area contributed by atoms with Crippen molar-refractivity contribution >= 4 is 21.4 Å². The zero-order valence-corrected chi connectivity index (χ0v) is 12.8. The summed E-state index contributed by atoms with van der Waals surface area (Å²) in [5.74, 6) is -0.249. The molecule has 0 aromatic heterocycles. The van der Waals surface area contributed by atoms with Gasteiger partial charge in [0.1, 0.15) is 0 Å². The van der Waals surface area contributed by atoms with Crippen LogP contribution in [0.2, 0.25) is 0 Å². The summed E-state index contributed by atoms with van der Waals surface area (Å²) in [6.45, 7) is 1.76. The van der Waals surface area contributed by atoms with E-state index in [9.17, 15) is 13.2 Å². The molecule has 21 heavy (non-hydrogen) atoms. The Morgan fingerprint density at radius 3 is 2.71 bits per heavy atom. The lowest BCUT2D eigenvalue weighted by Crippen LogP contribution is -2.42. The quantitative estimate of drug-likeness (QED) is 0.773. The third-order valence-electron chi connectivity index (χ3n) is 3.78. The fraction of sp³-hybridized carbons (Fsp3) is 0.500. The molecule has 6 nitrogen and oxygen atoms in total. The SMILES string of the molecule is Cc1ccc(C(=O)N(CCO)C2CCS(=O)(=O)C2)cc1N. The van der Waals surface area contributed by atoms with Gasteiger partial charge in [-0.05, 0) is 31.0 Å². The Kier molecular flexibility index (Phi) is 4.53. The summed E-state index contributed by atoms with van der Waals surface area (Å²) in [6.07, 6.45) is 0.412. The molecule has 1 fully saturated rings. The molecular weight excluding hydrogens is 292 g/mol. The molecule has 1 aliphatic rings. The topological polar surface area (TPSA) is 101 Å². The normalized spacial score (nSPS) is 20.4. The Morgan fingerprint density at radius 1 is 1.48 bits per heavy atom. The number of carbonyl (C=O) groups is 1. The smallest absolute Gasteiger partial charge is 0.254 e. The highest BCUT2D eigenvalue weighted by molar-refractivity contribution is 7.91. The van der Waals surface area contributed by atoms with E-state index in [-0.39, 0.29) is 36.6 Å². The number of hydrogen-bond acceptors (Lipinski definition) is 5. The van der Waals surface area contributed by atoms with Crippen molar-refractivity contribution in [2.45, 2.75) is 19.4 Å². The van der Waals surface area contributed by atoms with Gasteiger partial charge in [0.25, 0.3) is 5.91 Å². The number of nitrogens with zero attached hydrogens (tertiary/aromatic N) is 1. The maximum absolute atomic E-state index is 12.6. The maximum atomic E-state index is 12.6. The molecule has 1 aromatic rings. The van der Waals surface area contributed by atoms with E-state index in [2.05, 4.69) is 0 Å². The van der Waals surface area contributed by atoms with E-state index in [1.807, 2.05) is 6.92 Å². The summed E-state index contributed by atoms with van der Waals surface area (Å²) >= 11 is 0. The van der Waals surface area contributed by atoms with E-state index >= 15 is 0 Å². The number of aliphatic hydroxyl groups is 1. The predicted octanol–water partition coefficient (Wildman–Crippen LogP) is 0.199. The van der Waals surface area contributed by atoms with Crippen LogP contribution in [0, 0.1) is 6.92 Å². The van der Waals surface area contributed by atoms with Crippen LogP contribution in [0.4, 0.5) is 5.69 Å². The lowest BCUT2D eigenvalue weighted by Gasteiger charge is -2.27. The fourth-order valence-corrected chi connectivity index (χ4v) is 4.25. The first-order chi connectivity index (χ1) is 9.84. The van der Waals surface area contributed by atoms with Crippen molar-refractivity contribution in [1.29, 1.82) is 0 Å². The molecule has 1 atom stereocenters. The third kappa shape index (κ3) is 3.54. The van der Waals surface area contributed by atoms with Crippen LogP contribution in [-0.2, 0) is 9.84 Å². The molecule has 116 valence electrons. The molecular formula is C14H20N2O4S. The van der Waals surface area contributed by atoms with Gasteiger partial charge in [-0.25, -0.2) is 8.42 Å². The van der Waals surface area contributed by atoms with Crippen molar-refractivity contribution < 1.29 is 18.3 Å². The van der Waals surface area contributed by atoms with Gasteiger partial charge >= 0.3 is 0 Å². The highest BCUT2D eigenvalue weighted by Crippen LogP contribution is 2.21. The number of nitrogens with two attached hydrogens (primary N) is 1. The summed E-state index contributed by atoms with van der Waals surface area (Å²) in [7, 11) is -3.09. The molecule has 7 heteroatoms. The largest absolute Gasteiger partial charge is 0.398 e. The molecule has 0 spiro atoms. The maximum Gasteiger partial charge on any atom is 0.254 e. The number of nitrogen functional groups attached to an aromatic ring is 1. The van der Waals surface area contributed by atoms with Gasteiger partial charge in [-0.2, -0.15) is 0 Å². The summed E-state index contributed by atoms with van der Waals surface area (Å²) in [5.41, 5.74) is 7.62. The van der Waals surface area contributed by atoms with Gasteiger partial charge in [-0.3, -0.25) is 4.79 Å². The van der Waals surface area contributed by atoms with Crippen LogP contribution in [-0.4, -0.2) is 55.0 Å². The standard InChI is InChI=1S/C14H20N2O4S/c1-10-2-3-11(8-13(10)15)14(18)16(5-6-17)12-4-7-21(19,20)9-12/h2-3,8,12,17H,4-7,9,15H2,1H3. The molecule has 1 amide bonds. The van der Waals surface area contributed by atoms with Crippen molar-refractivity contribution in [3.8, 4) is 0 Å². The van der Waals surface area contributed by atoms with E-state index in [4.69, 9.17) is 10.8 Å². The first-order valence-corrected chi connectivity index (χ1v) is 8.64. The summed E-state index contributed by atoms with van der Waals surface area (Å²) in [6, 6.07) is 4.63. The molecule has 1 saturated heterocycles. The molecule has 0 aliphatic carbocycles. The summed E-state index contributed by atoms with van der Waals surface area (Å²) in [4.78, 5) is 14.0. The number of carbonyl (C=O) groups excluding carboxylic acids is 1. The van der Waals surface area contributed by atoms with E-state index in [0.717, 1.165) is 5.56 Å². The van der Waals surface area contributed by atoms with E-state index in [1.165, 1.54) is 4.90 Å². The second-order valence-corrected chi connectivity index (χ2v) is 7.58. The monoisotopic (exact) mass is 312 g/mol. The van der Waals surface area contributed by atoms with Crippen molar-refractivity contribution in [2.24, 2.45) is 0 Å². The molecule has 1 heterocycles. The molecule has 3 N–H and O–H groups in total. The molecule has 1 aromatic carbocycles. The van der Waals surface area contributed by atoms with E-state index in [0.29, 0.717) is 17.7 Å². The summed E-state index contributed by atoms with van der Waals surface area (Å²) in [5, 5.41) is 9.15. The van der Waals surface area contributed by atoms with Gasteiger partial charge in [0.15, 0.2) is 9.84 Å². The van der Waals surface area contributed by atoms with Crippen LogP contribution >= 0.6 is 0 Å². The highest BCUT2D eigenvalue weighted by atomic mass is 32.2. The van der Waals surface area contributed by atoms with E-state index in [1.54, 1.807) is 18.2 Å².